The average molecular weight is 284 g/mol. The number of anilines is 1. The standard InChI is InChI=1S/C12H14ClN3OS/c13-9-3-4-10-12(16-18-15-10)11(9)14-6-8-2-1-5-17-7-8/h3-4,8,14H,1-2,5-7H2. The quantitative estimate of drug-likeness (QED) is 0.940. The van der Waals surface area contributed by atoms with Crippen LogP contribution in [0.5, 0.6) is 0 Å². The van der Waals surface area contributed by atoms with E-state index < -0.39 is 0 Å². The topological polar surface area (TPSA) is 47.0 Å². The molecule has 1 unspecified atom stereocenters. The third-order valence-corrected chi connectivity index (χ3v) is 4.06. The highest BCUT2D eigenvalue weighted by atomic mass is 35.5. The molecule has 0 aliphatic carbocycles. The lowest BCUT2D eigenvalue weighted by Crippen LogP contribution is -2.24. The Kier molecular flexibility index (Phi) is 3.63. The molecule has 0 radical (unpaired) electrons. The van der Waals surface area contributed by atoms with Gasteiger partial charge >= 0.3 is 0 Å². The molecule has 1 fully saturated rings. The van der Waals surface area contributed by atoms with Crippen molar-refractivity contribution in [2.24, 2.45) is 5.92 Å². The summed E-state index contributed by atoms with van der Waals surface area (Å²) in [5.41, 5.74) is 2.66. The molecule has 6 heteroatoms. The molecule has 2 aromatic rings. The summed E-state index contributed by atoms with van der Waals surface area (Å²) in [5, 5.41) is 4.10. The maximum Gasteiger partial charge on any atom is 0.129 e. The summed E-state index contributed by atoms with van der Waals surface area (Å²) in [7, 11) is 0. The van der Waals surface area contributed by atoms with Gasteiger partial charge in [-0.2, -0.15) is 8.75 Å². The molecule has 1 aromatic heterocycles. The van der Waals surface area contributed by atoms with Crippen LogP contribution in [0.1, 0.15) is 12.8 Å². The number of hydrogen-bond acceptors (Lipinski definition) is 5. The zero-order chi connectivity index (χ0) is 12.4. The van der Waals surface area contributed by atoms with E-state index in [-0.39, 0.29) is 0 Å². The van der Waals surface area contributed by atoms with Gasteiger partial charge in [0.1, 0.15) is 11.0 Å². The van der Waals surface area contributed by atoms with Crippen molar-refractivity contribution in [1.29, 1.82) is 0 Å². The van der Waals surface area contributed by atoms with Crippen LogP contribution in [0.25, 0.3) is 11.0 Å². The molecule has 0 saturated carbocycles. The number of aromatic nitrogens is 2. The minimum Gasteiger partial charge on any atom is -0.382 e. The molecule has 3 rings (SSSR count). The minimum absolute atomic E-state index is 0.552. The van der Waals surface area contributed by atoms with Gasteiger partial charge in [0.25, 0.3) is 0 Å². The number of fused-ring (bicyclic) bond motifs is 1. The van der Waals surface area contributed by atoms with E-state index in [2.05, 4.69) is 14.1 Å². The van der Waals surface area contributed by atoms with Gasteiger partial charge in [-0.3, -0.25) is 0 Å². The van der Waals surface area contributed by atoms with Gasteiger partial charge in [-0.1, -0.05) is 11.6 Å². The van der Waals surface area contributed by atoms with E-state index in [9.17, 15) is 0 Å². The Balaban J connectivity index is 1.76. The number of halogens is 1. The number of benzene rings is 1. The van der Waals surface area contributed by atoms with E-state index in [0.29, 0.717) is 10.9 Å². The lowest BCUT2D eigenvalue weighted by Gasteiger charge is -2.23. The van der Waals surface area contributed by atoms with Crippen molar-refractivity contribution in [3.8, 4) is 0 Å². The SMILES string of the molecule is Clc1ccc2nsnc2c1NCC1CCCOC1. The van der Waals surface area contributed by atoms with Gasteiger partial charge in [0.15, 0.2) is 0 Å². The average Bonchev–Trinajstić information content (AvgIpc) is 2.87. The molecule has 1 atom stereocenters. The first-order valence-corrected chi connectivity index (χ1v) is 7.18. The van der Waals surface area contributed by atoms with Crippen molar-refractivity contribution < 1.29 is 4.74 Å². The molecule has 2 heterocycles. The Morgan fingerprint density at radius 2 is 2.39 bits per heavy atom. The molecule has 0 amide bonds. The number of rotatable bonds is 3. The molecular formula is C12H14ClN3OS. The van der Waals surface area contributed by atoms with Crippen molar-refractivity contribution >= 4 is 40.0 Å². The lowest BCUT2D eigenvalue weighted by molar-refractivity contribution is 0.0595. The minimum atomic E-state index is 0.552. The summed E-state index contributed by atoms with van der Waals surface area (Å²) in [6, 6.07) is 3.76. The summed E-state index contributed by atoms with van der Waals surface area (Å²) in [5.74, 6) is 0.552. The van der Waals surface area contributed by atoms with Crippen molar-refractivity contribution in [3.05, 3.63) is 17.2 Å². The largest absolute Gasteiger partial charge is 0.382 e. The predicted octanol–water partition coefficient (Wildman–Crippen LogP) is 3.18. The first-order valence-electron chi connectivity index (χ1n) is 6.07. The fourth-order valence-corrected chi connectivity index (χ4v) is 2.97. The van der Waals surface area contributed by atoms with E-state index in [1.165, 1.54) is 18.1 Å². The highest BCUT2D eigenvalue weighted by Gasteiger charge is 2.15. The number of nitrogens with zero attached hydrogens (tertiary/aromatic N) is 2. The third-order valence-electron chi connectivity index (χ3n) is 3.20. The molecule has 1 N–H and O–H groups in total. The van der Waals surface area contributed by atoms with Crippen LogP contribution in [-0.2, 0) is 4.74 Å². The molecule has 4 nitrogen and oxygen atoms in total. The Hall–Kier alpha value is -0.910. The fourth-order valence-electron chi connectivity index (χ4n) is 2.21. The first kappa shape index (κ1) is 12.1. The Morgan fingerprint density at radius 3 is 3.22 bits per heavy atom. The van der Waals surface area contributed by atoms with Crippen LogP contribution in [0.4, 0.5) is 5.69 Å². The van der Waals surface area contributed by atoms with Gasteiger partial charge in [0.2, 0.25) is 0 Å². The van der Waals surface area contributed by atoms with Gasteiger partial charge in [-0.15, -0.1) is 0 Å². The van der Waals surface area contributed by atoms with E-state index in [1.807, 2.05) is 12.1 Å². The number of hydrogen-bond donors (Lipinski definition) is 1. The van der Waals surface area contributed by atoms with E-state index >= 15 is 0 Å². The Bertz CT molecular complexity index is 539. The van der Waals surface area contributed by atoms with E-state index in [4.69, 9.17) is 16.3 Å². The van der Waals surface area contributed by atoms with Crippen LogP contribution in [0.3, 0.4) is 0 Å². The number of nitrogens with one attached hydrogen (secondary N) is 1. The molecule has 0 bridgehead atoms. The molecule has 0 spiro atoms. The Labute approximate surface area is 115 Å². The van der Waals surface area contributed by atoms with Crippen molar-refractivity contribution in [3.63, 3.8) is 0 Å². The van der Waals surface area contributed by atoms with E-state index in [1.54, 1.807) is 0 Å². The van der Waals surface area contributed by atoms with Crippen LogP contribution in [0.2, 0.25) is 5.02 Å². The maximum atomic E-state index is 6.22. The zero-order valence-corrected chi connectivity index (χ0v) is 11.4. The normalized spacial score (nSPS) is 20.2. The monoisotopic (exact) mass is 283 g/mol. The maximum absolute atomic E-state index is 6.22. The number of ether oxygens (including phenoxy) is 1. The molecule has 1 aromatic carbocycles. The third kappa shape index (κ3) is 2.43. The predicted molar refractivity (Wildman–Crippen MR) is 74.5 cm³/mol. The van der Waals surface area contributed by atoms with Gasteiger partial charge < -0.3 is 10.1 Å². The summed E-state index contributed by atoms with van der Waals surface area (Å²) >= 11 is 7.43. The van der Waals surface area contributed by atoms with Crippen molar-refractivity contribution in [1.82, 2.24) is 8.75 Å². The summed E-state index contributed by atoms with van der Waals surface area (Å²) < 4.78 is 14.0. The second kappa shape index (κ2) is 5.38. The van der Waals surface area contributed by atoms with Crippen LogP contribution in [-0.4, -0.2) is 28.5 Å². The van der Waals surface area contributed by atoms with Crippen molar-refractivity contribution in [2.75, 3.05) is 25.1 Å². The molecule has 18 heavy (non-hydrogen) atoms. The zero-order valence-electron chi connectivity index (χ0n) is 9.86. The molecule has 96 valence electrons. The van der Waals surface area contributed by atoms with Gasteiger partial charge in [-0.25, -0.2) is 0 Å². The molecular weight excluding hydrogens is 270 g/mol. The highest BCUT2D eigenvalue weighted by Crippen LogP contribution is 2.30. The van der Waals surface area contributed by atoms with Crippen LogP contribution >= 0.6 is 23.3 Å². The summed E-state index contributed by atoms with van der Waals surface area (Å²) in [6.45, 7) is 2.59. The van der Waals surface area contributed by atoms with Crippen LogP contribution < -0.4 is 5.32 Å². The van der Waals surface area contributed by atoms with Gasteiger partial charge in [0, 0.05) is 13.2 Å². The van der Waals surface area contributed by atoms with E-state index in [0.717, 1.165) is 42.9 Å². The lowest BCUT2D eigenvalue weighted by atomic mass is 10.0. The van der Waals surface area contributed by atoms with Gasteiger partial charge in [0.05, 0.1) is 29.0 Å². The molecule has 1 aliphatic rings. The first-order chi connectivity index (χ1) is 8.84. The Morgan fingerprint density at radius 1 is 1.44 bits per heavy atom. The van der Waals surface area contributed by atoms with Crippen LogP contribution in [0.15, 0.2) is 12.1 Å². The van der Waals surface area contributed by atoms with Crippen LogP contribution in [0, 0.1) is 5.92 Å². The fraction of sp³-hybridized carbons (Fsp3) is 0.500. The second-order valence-corrected chi connectivity index (χ2v) is 5.45. The summed E-state index contributed by atoms with van der Waals surface area (Å²) in [6.07, 6.45) is 2.35. The van der Waals surface area contributed by atoms with Gasteiger partial charge in [-0.05, 0) is 30.9 Å². The summed E-state index contributed by atoms with van der Waals surface area (Å²) in [4.78, 5) is 0. The smallest absolute Gasteiger partial charge is 0.129 e. The second-order valence-electron chi connectivity index (χ2n) is 4.52. The highest BCUT2D eigenvalue weighted by molar-refractivity contribution is 7.00. The van der Waals surface area contributed by atoms with Crippen molar-refractivity contribution in [2.45, 2.75) is 12.8 Å². The molecule has 1 saturated heterocycles. The molecule has 1 aliphatic heterocycles.